The SMILES string of the molecule is N#Cc1cnc(NCc2ccccc2Cl)nc1NCC12CC3CC(C1)C(NC1CCC(NCCO)CC1)C(C3)C2. The summed E-state index contributed by atoms with van der Waals surface area (Å²) in [5, 5.41) is 34.0. The smallest absolute Gasteiger partial charge is 0.224 e. The van der Waals surface area contributed by atoms with Crippen LogP contribution in [0.2, 0.25) is 5.02 Å². The van der Waals surface area contributed by atoms with Gasteiger partial charge in [0, 0.05) is 42.8 Å². The molecule has 0 radical (unpaired) electrons. The minimum atomic E-state index is 0.220. The van der Waals surface area contributed by atoms with Gasteiger partial charge in [0.1, 0.15) is 17.5 Å². The Labute approximate surface area is 242 Å². The molecule has 5 N–H and O–H groups in total. The van der Waals surface area contributed by atoms with Gasteiger partial charge in [-0.1, -0.05) is 29.8 Å². The Morgan fingerprint density at radius 2 is 1.77 bits per heavy atom. The number of aromatic nitrogens is 2. The molecular formula is C31H42ClN7O. The van der Waals surface area contributed by atoms with Crippen LogP contribution in [0.5, 0.6) is 0 Å². The van der Waals surface area contributed by atoms with Crippen molar-refractivity contribution in [3.8, 4) is 6.07 Å². The Hall–Kier alpha value is -2.44. The van der Waals surface area contributed by atoms with E-state index in [0.29, 0.717) is 53.6 Å². The normalized spacial score (nSPS) is 32.5. The standard InChI is InChI=1S/C31H42ClN7O/c32-27-4-2-1-3-21(27)17-35-30-36-18-24(16-33)29(39-30)37-19-31-13-20-11-22(14-31)28(23(12-20)15-31)38-26-7-5-25(6-8-26)34-9-10-40/h1-4,18,20,22-23,25-26,28,34,38,40H,5-15,17,19H2,(H2,35,36,37,39). The zero-order valence-corrected chi connectivity index (χ0v) is 24.0. The molecule has 40 heavy (non-hydrogen) atoms. The number of hydrogen-bond acceptors (Lipinski definition) is 8. The summed E-state index contributed by atoms with van der Waals surface area (Å²) < 4.78 is 0. The molecule has 0 spiro atoms. The highest BCUT2D eigenvalue weighted by Crippen LogP contribution is 2.60. The first kappa shape index (κ1) is 27.7. The van der Waals surface area contributed by atoms with Crippen LogP contribution in [-0.2, 0) is 6.54 Å². The highest BCUT2D eigenvalue weighted by atomic mass is 35.5. The van der Waals surface area contributed by atoms with Crippen LogP contribution in [0.15, 0.2) is 30.5 Å². The van der Waals surface area contributed by atoms with Gasteiger partial charge >= 0.3 is 0 Å². The fraction of sp³-hybridized carbons (Fsp3) is 0.645. The van der Waals surface area contributed by atoms with E-state index in [9.17, 15) is 5.26 Å². The van der Waals surface area contributed by atoms with Crippen molar-refractivity contribution in [3.05, 3.63) is 46.6 Å². The van der Waals surface area contributed by atoms with Gasteiger partial charge in [0.05, 0.1) is 12.8 Å². The maximum absolute atomic E-state index is 9.73. The van der Waals surface area contributed by atoms with Crippen molar-refractivity contribution in [3.63, 3.8) is 0 Å². The van der Waals surface area contributed by atoms with Crippen LogP contribution in [0.4, 0.5) is 11.8 Å². The second-order valence-corrected chi connectivity index (χ2v) is 13.2. The number of nitriles is 1. The van der Waals surface area contributed by atoms with Crippen LogP contribution in [0.25, 0.3) is 0 Å². The third-order valence-corrected chi connectivity index (χ3v) is 10.4. The van der Waals surface area contributed by atoms with Gasteiger partial charge in [0.25, 0.3) is 0 Å². The second-order valence-electron chi connectivity index (χ2n) is 12.8. The lowest BCUT2D eigenvalue weighted by atomic mass is 9.47. The van der Waals surface area contributed by atoms with Gasteiger partial charge < -0.3 is 26.4 Å². The van der Waals surface area contributed by atoms with Gasteiger partial charge in [-0.25, -0.2) is 4.98 Å². The van der Waals surface area contributed by atoms with Gasteiger partial charge in [0.2, 0.25) is 5.95 Å². The molecule has 0 amide bonds. The summed E-state index contributed by atoms with van der Waals surface area (Å²) in [5.41, 5.74) is 1.75. The number of benzene rings is 1. The summed E-state index contributed by atoms with van der Waals surface area (Å²) in [7, 11) is 0. The second kappa shape index (κ2) is 12.2. The third-order valence-electron chi connectivity index (χ3n) is 10.0. The molecular weight excluding hydrogens is 522 g/mol. The molecule has 8 nitrogen and oxygen atoms in total. The topological polar surface area (TPSA) is 118 Å². The fourth-order valence-corrected chi connectivity index (χ4v) is 8.66. The predicted molar refractivity (Wildman–Crippen MR) is 158 cm³/mol. The van der Waals surface area contributed by atoms with Crippen molar-refractivity contribution >= 4 is 23.4 Å². The molecule has 5 saturated carbocycles. The van der Waals surface area contributed by atoms with Gasteiger partial charge in [0.15, 0.2) is 0 Å². The summed E-state index contributed by atoms with van der Waals surface area (Å²) in [6.07, 6.45) is 13.0. The summed E-state index contributed by atoms with van der Waals surface area (Å²) in [6.45, 7) is 2.31. The predicted octanol–water partition coefficient (Wildman–Crippen LogP) is 4.70. The molecule has 2 unspecified atom stereocenters. The average molecular weight is 564 g/mol. The number of anilines is 2. The maximum Gasteiger partial charge on any atom is 0.224 e. The van der Waals surface area contributed by atoms with Gasteiger partial charge in [-0.2, -0.15) is 10.2 Å². The van der Waals surface area contributed by atoms with E-state index >= 15 is 0 Å². The van der Waals surface area contributed by atoms with Crippen LogP contribution < -0.4 is 21.3 Å². The first-order chi connectivity index (χ1) is 19.5. The van der Waals surface area contributed by atoms with E-state index in [4.69, 9.17) is 21.7 Å². The molecule has 9 heteroatoms. The molecule has 0 aliphatic heterocycles. The molecule has 4 bridgehead atoms. The number of aliphatic hydroxyl groups is 1. The Kier molecular flexibility index (Phi) is 8.45. The van der Waals surface area contributed by atoms with Gasteiger partial charge in [-0.3, -0.25) is 0 Å². The monoisotopic (exact) mass is 563 g/mol. The molecule has 7 rings (SSSR count). The maximum atomic E-state index is 9.73. The van der Waals surface area contributed by atoms with E-state index in [2.05, 4.69) is 32.3 Å². The van der Waals surface area contributed by atoms with Crippen molar-refractivity contribution in [2.45, 2.75) is 82.5 Å². The van der Waals surface area contributed by atoms with Crippen LogP contribution in [0.3, 0.4) is 0 Å². The Morgan fingerprint density at radius 3 is 2.50 bits per heavy atom. The van der Waals surface area contributed by atoms with Crippen molar-refractivity contribution < 1.29 is 5.11 Å². The number of aliphatic hydroxyl groups excluding tert-OH is 1. The number of rotatable bonds is 11. The quantitative estimate of drug-likeness (QED) is 0.267. The van der Waals surface area contributed by atoms with Crippen molar-refractivity contribution in [1.82, 2.24) is 20.6 Å². The van der Waals surface area contributed by atoms with Gasteiger partial charge in [-0.15, -0.1) is 0 Å². The number of halogens is 1. The van der Waals surface area contributed by atoms with E-state index in [1.807, 2.05) is 24.3 Å². The van der Waals surface area contributed by atoms with E-state index in [-0.39, 0.29) is 12.0 Å². The fourth-order valence-electron chi connectivity index (χ4n) is 8.46. The Bertz CT molecular complexity index is 1190. The molecule has 0 saturated heterocycles. The number of nitrogens with one attached hydrogen (secondary N) is 4. The highest BCUT2D eigenvalue weighted by Gasteiger charge is 2.55. The first-order valence-corrected chi connectivity index (χ1v) is 15.5. The zero-order chi connectivity index (χ0) is 27.5. The molecule has 1 aromatic heterocycles. The lowest BCUT2D eigenvalue weighted by molar-refractivity contribution is -0.0730. The molecule has 5 aliphatic carbocycles. The van der Waals surface area contributed by atoms with Crippen molar-refractivity contribution in [1.29, 1.82) is 5.26 Å². The van der Waals surface area contributed by atoms with Crippen molar-refractivity contribution in [2.24, 2.45) is 23.2 Å². The molecule has 1 aromatic carbocycles. The first-order valence-electron chi connectivity index (χ1n) is 15.1. The molecule has 214 valence electrons. The third kappa shape index (κ3) is 6.08. The lowest BCUT2D eigenvalue weighted by Gasteiger charge is -2.61. The Balaban J connectivity index is 1.06. The van der Waals surface area contributed by atoms with Crippen LogP contribution >= 0.6 is 11.6 Å². The summed E-state index contributed by atoms with van der Waals surface area (Å²) >= 11 is 6.31. The molecule has 2 atom stereocenters. The zero-order valence-electron chi connectivity index (χ0n) is 23.2. The van der Waals surface area contributed by atoms with Crippen LogP contribution in [-0.4, -0.2) is 52.9 Å². The van der Waals surface area contributed by atoms with Gasteiger partial charge in [-0.05, 0) is 92.6 Å². The lowest BCUT2D eigenvalue weighted by Crippen LogP contribution is -2.61. The van der Waals surface area contributed by atoms with E-state index in [1.165, 1.54) is 57.8 Å². The number of hydrogen-bond donors (Lipinski definition) is 5. The molecule has 2 aromatic rings. The van der Waals surface area contributed by atoms with E-state index < -0.39 is 0 Å². The minimum Gasteiger partial charge on any atom is -0.395 e. The van der Waals surface area contributed by atoms with Crippen molar-refractivity contribution in [2.75, 3.05) is 30.3 Å². The molecule has 5 fully saturated rings. The largest absolute Gasteiger partial charge is 0.395 e. The van der Waals surface area contributed by atoms with Crippen LogP contribution in [0, 0.1) is 34.5 Å². The highest BCUT2D eigenvalue weighted by molar-refractivity contribution is 6.31. The molecule has 5 aliphatic rings. The Morgan fingerprint density at radius 1 is 1.02 bits per heavy atom. The average Bonchev–Trinajstić information content (AvgIpc) is 2.97. The van der Waals surface area contributed by atoms with E-state index in [0.717, 1.165) is 29.9 Å². The summed E-state index contributed by atoms with van der Waals surface area (Å²) in [5.74, 6) is 3.43. The molecule has 1 heterocycles. The minimum absolute atomic E-state index is 0.220. The summed E-state index contributed by atoms with van der Waals surface area (Å²) in [4.78, 5) is 9.06. The van der Waals surface area contributed by atoms with Crippen LogP contribution in [0.1, 0.15) is 68.9 Å². The summed E-state index contributed by atoms with van der Waals surface area (Å²) in [6, 6.07) is 11.8. The number of nitrogens with zero attached hydrogens (tertiary/aromatic N) is 3. The van der Waals surface area contributed by atoms with E-state index in [1.54, 1.807) is 6.20 Å².